The Hall–Kier alpha value is -1.46. The van der Waals surface area contributed by atoms with Crippen molar-refractivity contribution in [3.8, 4) is 0 Å². The molecule has 4 nitrogen and oxygen atoms in total. The third kappa shape index (κ3) is 3.77. The lowest BCUT2D eigenvalue weighted by molar-refractivity contribution is 0.708. The maximum absolute atomic E-state index is 11.6. The molecule has 0 aliphatic carbocycles. The first-order valence-corrected chi connectivity index (χ1v) is 7.51. The standard InChI is InChI=1S/C14H16ClN3OS/c1-10(20-11-6-4-3-5-7-11)8-16-12-9-17-18(2)14(19)13(12)15/h3-7,9-10,16H,8H2,1-2H3. The van der Waals surface area contributed by atoms with Crippen molar-refractivity contribution in [2.75, 3.05) is 11.9 Å². The number of benzene rings is 1. The summed E-state index contributed by atoms with van der Waals surface area (Å²) in [5.74, 6) is 0. The van der Waals surface area contributed by atoms with Crippen molar-refractivity contribution in [1.82, 2.24) is 9.78 Å². The van der Waals surface area contributed by atoms with Crippen LogP contribution in [0, 0.1) is 0 Å². The average molecular weight is 310 g/mol. The number of rotatable bonds is 5. The minimum atomic E-state index is -0.292. The third-order valence-electron chi connectivity index (χ3n) is 2.74. The fourth-order valence-electron chi connectivity index (χ4n) is 1.66. The predicted molar refractivity (Wildman–Crippen MR) is 84.7 cm³/mol. The second-order valence-electron chi connectivity index (χ2n) is 4.42. The summed E-state index contributed by atoms with van der Waals surface area (Å²) in [6.07, 6.45) is 1.57. The van der Waals surface area contributed by atoms with Crippen molar-refractivity contribution in [2.24, 2.45) is 7.05 Å². The van der Waals surface area contributed by atoms with E-state index in [1.807, 2.05) is 18.2 Å². The summed E-state index contributed by atoms with van der Waals surface area (Å²) in [5, 5.41) is 7.65. The zero-order valence-corrected chi connectivity index (χ0v) is 12.9. The molecule has 106 valence electrons. The van der Waals surface area contributed by atoms with Gasteiger partial charge in [0, 0.05) is 23.7 Å². The smallest absolute Gasteiger partial charge is 0.287 e. The second kappa shape index (κ2) is 6.81. The van der Waals surface area contributed by atoms with Gasteiger partial charge in [0.1, 0.15) is 5.02 Å². The van der Waals surface area contributed by atoms with Gasteiger partial charge in [-0.3, -0.25) is 4.79 Å². The van der Waals surface area contributed by atoms with Crippen LogP contribution in [0.15, 0.2) is 46.2 Å². The van der Waals surface area contributed by atoms with Crippen molar-refractivity contribution in [3.05, 3.63) is 51.9 Å². The van der Waals surface area contributed by atoms with E-state index in [1.54, 1.807) is 25.0 Å². The Morgan fingerprint density at radius 3 is 2.80 bits per heavy atom. The Bertz CT molecular complexity index is 630. The van der Waals surface area contributed by atoms with E-state index in [-0.39, 0.29) is 10.6 Å². The van der Waals surface area contributed by atoms with E-state index >= 15 is 0 Å². The Morgan fingerprint density at radius 1 is 1.40 bits per heavy atom. The van der Waals surface area contributed by atoms with Crippen LogP contribution in [0.4, 0.5) is 5.69 Å². The van der Waals surface area contributed by atoms with Crippen molar-refractivity contribution in [2.45, 2.75) is 17.1 Å². The van der Waals surface area contributed by atoms with Gasteiger partial charge in [-0.25, -0.2) is 4.68 Å². The number of halogens is 1. The van der Waals surface area contributed by atoms with Gasteiger partial charge in [0.25, 0.3) is 5.56 Å². The summed E-state index contributed by atoms with van der Waals surface area (Å²) >= 11 is 7.77. The predicted octanol–water partition coefficient (Wildman–Crippen LogP) is 3.03. The van der Waals surface area contributed by atoms with E-state index in [1.165, 1.54) is 9.58 Å². The average Bonchev–Trinajstić information content (AvgIpc) is 2.45. The molecule has 0 fully saturated rings. The SMILES string of the molecule is CC(CNc1cnn(C)c(=O)c1Cl)Sc1ccccc1. The topological polar surface area (TPSA) is 46.9 Å². The molecule has 0 saturated carbocycles. The number of nitrogens with zero attached hydrogens (tertiary/aromatic N) is 2. The number of anilines is 1. The van der Waals surface area contributed by atoms with Crippen LogP contribution in [0.5, 0.6) is 0 Å². The van der Waals surface area contributed by atoms with Crippen molar-refractivity contribution < 1.29 is 0 Å². The Balaban J connectivity index is 1.95. The van der Waals surface area contributed by atoms with Gasteiger partial charge in [-0.15, -0.1) is 11.8 Å². The van der Waals surface area contributed by atoms with Crippen LogP contribution in [-0.4, -0.2) is 21.6 Å². The summed E-state index contributed by atoms with van der Waals surface area (Å²) in [5.41, 5.74) is 0.287. The number of thioether (sulfide) groups is 1. The van der Waals surface area contributed by atoms with Gasteiger partial charge in [0.15, 0.2) is 0 Å². The molecule has 0 aliphatic heterocycles. The van der Waals surface area contributed by atoms with E-state index in [0.717, 1.165) is 0 Å². The zero-order chi connectivity index (χ0) is 14.5. The first kappa shape index (κ1) is 14.9. The van der Waals surface area contributed by atoms with Gasteiger partial charge in [0.05, 0.1) is 11.9 Å². The Kier molecular flexibility index (Phi) is 5.09. The normalized spacial score (nSPS) is 12.2. The van der Waals surface area contributed by atoms with Crippen LogP contribution in [0.3, 0.4) is 0 Å². The highest BCUT2D eigenvalue weighted by Crippen LogP contribution is 2.23. The van der Waals surface area contributed by atoms with Gasteiger partial charge in [-0.05, 0) is 12.1 Å². The monoisotopic (exact) mass is 309 g/mol. The van der Waals surface area contributed by atoms with E-state index < -0.39 is 0 Å². The maximum atomic E-state index is 11.6. The summed E-state index contributed by atoms with van der Waals surface area (Å²) in [4.78, 5) is 12.9. The van der Waals surface area contributed by atoms with Gasteiger partial charge < -0.3 is 5.32 Å². The minimum Gasteiger partial charge on any atom is -0.381 e. The summed E-state index contributed by atoms with van der Waals surface area (Å²) in [6, 6.07) is 10.2. The molecular weight excluding hydrogens is 294 g/mol. The van der Waals surface area contributed by atoms with Gasteiger partial charge in [0.2, 0.25) is 0 Å². The lowest BCUT2D eigenvalue weighted by atomic mass is 10.4. The molecular formula is C14H16ClN3OS. The lowest BCUT2D eigenvalue weighted by Gasteiger charge is -2.14. The highest BCUT2D eigenvalue weighted by atomic mass is 35.5. The molecule has 0 saturated heterocycles. The molecule has 0 bridgehead atoms. The highest BCUT2D eigenvalue weighted by molar-refractivity contribution is 8.00. The molecule has 0 aliphatic rings. The van der Waals surface area contributed by atoms with E-state index in [4.69, 9.17) is 11.6 Å². The molecule has 1 atom stereocenters. The fraction of sp³-hybridized carbons (Fsp3) is 0.286. The molecule has 20 heavy (non-hydrogen) atoms. The maximum Gasteiger partial charge on any atom is 0.287 e. The summed E-state index contributed by atoms with van der Waals surface area (Å²) < 4.78 is 1.22. The largest absolute Gasteiger partial charge is 0.381 e. The van der Waals surface area contributed by atoms with E-state index in [2.05, 4.69) is 29.5 Å². The van der Waals surface area contributed by atoms with Crippen molar-refractivity contribution in [1.29, 1.82) is 0 Å². The first-order chi connectivity index (χ1) is 9.58. The molecule has 2 aromatic rings. The number of aromatic nitrogens is 2. The van der Waals surface area contributed by atoms with Crippen LogP contribution < -0.4 is 10.9 Å². The molecule has 6 heteroatoms. The van der Waals surface area contributed by atoms with Crippen LogP contribution in [0.2, 0.25) is 5.02 Å². The molecule has 1 heterocycles. The van der Waals surface area contributed by atoms with Crippen LogP contribution in [-0.2, 0) is 7.05 Å². The second-order valence-corrected chi connectivity index (χ2v) is 6.31. The Labute approximate surface area is 127 Å². The van der Waals surface area contributed by atoms with Crippen molar-refractivity contribution in [3.63, 3.8) is 0 Å². The van der Waals surface area contributed by atoms with Crippen LogP contribution in [0.25, 0.3) is 0 Å². The number of hydrogen-bond acceptors (Lipinski definition) is 4. The summed E-state index contributed by atoms with van der Waals surface area (Å²) in [7, 11) is 1.58. The molecule has 0 radical (unpaired) electrons. The molecule has 0 spiro atoms. The van der Waals surface area contributed by atoms with E-state index in [0.29, 0.717) is 17.5 Å². The van der Waals surface area contributed by atoms with Crippen LogP contribution >= 0.6 is 23.4 Å². The van der Waals surface area contributed by atoms with Crippen molar-refractivity contribution >= 4 is 29.1 Å². The fourth-order valence-corrected chi connectivity index (χ4v) is 2.84. The molecule has 1 unspecified atom stereocenters. The molecule has 2 rings (SSSR count). The zero-order valence-electron chi connectivity index (χ0n) is 11.3. The van der Waals surface area contributed by atoms with Gasteiger partial charge >= 0.3 is 0 Å². The van der Waals surface area contributed by atoms with Gasteiger partial charge in [-0.1, -0.05) is 36.7 Å². The third-order valence-corrected chi connectivity index (χ3v) is 4.22. The Morgan fingerprint density at radius 2 is 2.10 bits per heavy atom. The number of hydrogen-bond donors (Lipinski definition) is 1. The highest BCUT2D eigenvalue weighted by Gasteiger charge is 2.09. The number of nitrogens with one attached hydrogen (secondary N) is 1. The minimum absolute atomic E-state index is 0.180. The first-order valence-electron chi connectivity index (χ1n) is 6.25. The molecule has 1 aromatic carbocycles. The lowest BCUT2D eigenvalue weighted by Crippen LogP contribution is -2.22. The van der Waals surface area contributed by atoms with Crippen LogP contribution in [0.1, 0.15) is 6.92 Å². The molecule has 0 amide bonds. The molecule has 1 aromatic heterocycles. The van der Waals surface area contributed by atoms with Gasteiger partial charge in [-0.2, -0.15) is 5.10 Å². The van der Waals surface area contributed by atoms with E-state index in [9.17, 15) is 4.79 Å². The summed E-state index contributed by atoms with van der Waals surface area (Å²) in [6.45, 7) is 2.82. The number of aryl methyl sites for hydroxylation is 1. The molecule has 1 N–H and O–H groups in total. The quantitative estimate of drug-likeness (QED) is 0.862.